The minimum atomic E-state index is -0.800. The molecular weight excluding hydrogens is 769 g/mol. The topological polar surface area (TPSA) is 78.9 Å². The fourth-order valence-corrected chi connectivity index (χ4v) is 7.06. The van der Waals surface area contributed by atoms with E-state index in [0.717, 1.165) is 89.9 Å². The van der Waals surface area contributed by atoms with Gasteiger partial charge in [0.15, 0.2) is 6.10 Å². The van der Waals surface area contributed by atoms with Crippen molar-refractivity contribution >= 4 is 17.9 Å². The van der Waals surface area contributed by atoms with Crippen LogP contribution in [0.3, 0.4) is 0 Å². The SMILES string of the molecule is CC/C=C\C/C=C\C/C=C\C/C=C\C/C=C\CCCC(=O)OCC(COC(=O)CCCCCCCCCCCCCC)OC(=O)CCCCCCC/C=C\CCCCCCCC. The van der Waals surface area contributed by atoms with Gasteiger partial charge in [-0.2, -0.15) is 0 Å². The van der Waals surface area contributed by atoms with Crippen molar-refractivity contribution in [3.63, 3.8) is 0 Å². The molecule has 6 nitrogen and oxygen atoms in total. The molecule has 0 aromatic heterocycles. The number of hydrogen-bond donors (Lipinski definition) is 0. The van der Waals surface area contributed by atoms with Gasteiger partial charge in [-0.1, -0.05) is 216 Å². The third kappa shape index (κ3) is 47.9. The normalized spacial score (nSPS) is 12.6. The molecule has 1 atom stereocenters. The van der Waals surface area contributed by atoms with E-state index in [2.05, 4.69) is 93.7 Å². The van der Waals surface area contributed by atoms with Crippen molar-refractivity contribution in [3.05, 3.63) is 72.9 Å². The van der Waals surface area contributed by atoms with Crippen LogP contribution in [-0.4, -0.2) is 37.2 Å². The average Bonchev–Trinajstić information content (AvgIpc) is 3.27. The van der Waals surface area contributed by atoms with E-state index < -0.39 is 6.10 Å². The Hall–Kier alpha value is -3.15. The second-order valence-electron chi connectivity index (χ2n) is 17.1. The second kappa shape index (κ2) is 50.5. The molecule has 356 valence electrons. The van der Waals surface area contributed by atoms with Crippen LogP contribution in [-0.2, 0) is 28.6 Å². The van der Waals surface area contributed by atoms with E-state index in [0.29, 0.717) is 19.3 Å². The molecular formula is C56H96O6. The molecule has 0 fully saturated rings. The first-order valence-electron chi connectivity index (χ1n) is 25.9. The molecule has 0 aliphatic carbocycles. The Bertz CT molecular complexity index is 1180. The van der Waals surface area contributed by atoms with E-state index in [9.17, 15) is 14.4 Å². The van der Waals surface area contributed by atoms with Gasteiger partial charge < -0.3 is 14.2 Å². The van der Waals surface area contributed by atoms with E-state index in [-0.39, 0.29) is 37.5 Å². The molecule has 0 spiro atoms. The van der Waals surface area contributed by atoms with Crippen LogP contribution < -0.4 is 0 Å². The number of unbranched alkanes of at least 4 members (excludes halogenated alkanes) is 23. The molecule has 0 aliphatic heterocycles. The summed E-state index contributed by atoms with van der Waals surface area (Å²) >= 11 is 0. The number of carbonyl (C=O) groups is 3. The largest absolute Gasteiger partial charge is 0.462 e. The minimum Gasteiger partial charge on any atom is -0.462 e. The van der Waals surface area contributed by atoms with E-state index in [4.69, 9.17) is 14.2 Å². The lowest BCUT2D eigenvalue weighted by atomic mass is 10.0. The maximum atomic E-state index is 12.8. The summed E-state index contributed by atoms with van der Waals surface area (Å²) < 4.78 is 16.7. The minimum absolute atomic E-state index is 0.0947. The number of allylic oxidation sites excluding steroid dienone is 12. The van der Waals surface area contributed by atoms with Crippen molar-refractivity contribution < 1.29 is 28.6 Å². The van der Waals surface area contributed by atoms with Gasteiger partial charge in [-0.3, -0.25) is 14.4 Å². The van der Waals surface area contributed by atoms with Crippen molar-refractivity contribution in [1.29, 1.82) is 0 Å². The first-order valence-corrected chi connectivity index (χ1v) is 25.9. The Morgan fingerprint density at radius 1 is 0.339 bits per heavy atom. The molecule has 0 saturated carbocycles. The highest BCUT2D eigenvalue weighted by molar-refractivity contribution is 5.71. The number of ether oxygens (including phenoxy) is 3. The number of carbonyl (C=O) groups excluding carboxylic acids is 3. The predicted octanol–water partition coefficient (Wildman–Crippen LogP) is 17.0. The van der Waals surface area contributed by atoms with Gasteiger partial charge in [0.1, 0.15) is 13.2 Å². The van der Waals surface area contributed by atoms with Crippen LogP contribution in [0, 0.1) is 0 Å². The zero-order valence-electron chi connectivity index (χ0n) is 40.6. The van der Waals surface area contributed by atoms with Gasteiger partial charge in [-0.25, -0.2) is 0 Å². The van der Waals surface area contributed by atoms with Crippen LogP contribution >= 0.6 is 0 Å². The maximum Gasteiger partial charge on any atom is 0.306 e. The van der Waals surface area contributed by atoms with Crippen molar-refractivity contribution in [3.8, 4) is 0 Å². The molecule has 0 aromatic carbocycles. The highest BCUT2D eigenvalue weighted by atomic mass is 16.6. The Morgan fingerprint density at radius 3 is 1.06 bits per heavy atom. The standard InChI is InChI=1S/C56H96O6/c1-4-7-10-13-16-19-22-25-27-28-30-31-34-37-40-43-46-49-55(58)61-52-53(51-60-54(57)48-45-42-39-36-33-24-21-18-15-12-9-6-3)62-56(59)50-47-44-41-38-35-32-29-26-23-20-17-14-11-8-5-2/h7,10,16,19,25-27,29-31,37,40,53H,4-6,8-9,11-15,17-18,20-24,28,32-36,38-39,41-52H2,1-3H3/b10-7-,19-16-,27-25-,29-26-,31-30-,40-37-. The molecule has 0 aliphatic rings. The molecule has 0 radical (unpaired) electrons. The average molecular weight is 865 g/mol. The lowest BCUT2D eigenvalue weighted by molar-refractivity contribution is -0.167. The summed E-state index contributed by atoms with van der Waals surface area (Å²) in [7, 11) is 0. The van der Waals surface area contributed by atoms with Crippen LogP contribution in [0.2, 0.25) is 0 Å². The number of hydrogen-bond acceptors (Lipinski definition) is 6. The van der Waals surface area contributed by atoms with E-state index in [1.54, 1.807) is 0 Å². The van der Waals surface area contributed by atoms with Gasteiger partial charge in [0, 0.05) is 19.3 Å². The molecule has 1 unspecified atom stereocenters. The van der Waals surface area contributed by atoms with Crippen LogP contribution in [0.25, 0.3) is 0 Å². The second-order valence-corrected chi connectivity index (χ2v) is 17.1. The van der Waals surface area contributed by atoms with Crippen molar-refractivity contribution in [2.45, 2.75) is 252 Å². The van der Waals surface area contributed by atoms with Gasteiger partial charge in [-0.15, -0.1) is 0 Å². The molecule has 0 aromatic rings. The Morgan fingerprint density at radius 2 is 0.645 bits per heavy atom. The van der Waals surface area contributed by atoms with Gasteiger partial charge >= 0.3 is 17.9 Å². The molecule has 0 N–H and O–H groups in total. The van der Waals surface area contributed by atoms with E-state index >= 15 is 0 Å². The van der Waals surface area contributed by atoms with Gasteiger partial charge in [0.05, 0.1) is 0 Å². The third-order valence-electron chi connectivity index (χ3n) is 10.9. The molecule has 0 saturated heterocycles. The quantitative estimate of drug-likeness (QED) is 0.0262. The van der Waals surface area contributed by atoms with Crippen molar-refractivity contribution in [2.24, 2.45) is 0 Å². The molecule has 0 amide bonds. The summed E-state index contributed by atoms with van der Waals surface area (Å²) in [5, 5.41) is 0. The molecule has 62 heavy (non-hydrogen) atoms. The Kier molecular flexibility index (Phi) is 47.9. The Balaban J connectivity index is 4.47. The summed E-state index contributed by atoms with van der Waals surface area (Å²) in [6, 6.07) is 0. The predicted molar refractivity (Wildman–Crippen MR) is 265 cm³/mol. The third-order valence-corrected chi connectivity index (χ3v) is 10.9. The molecule has 0 bridgehead atoms. The van der Waals surface area contributed by atoms with E-state index in [1.807, 2.05) is 0 Å². The summed E-state index contributed by atoms with van der Waals surface area (Å²) in [6.45, 7) is 6.46. The van der Waals surface area contributed by atoms with Crippen molar-refractivity contribution in [2.75, 3.05) is 13.2 Å². The lowest BCUT2D eigenvalue weighted by Gasteiger charge is -2.18. The molecule has 6 heteroatoms. The van der Waals surface area contributed by atoms with Gasteiger partial charge in [0.2, 0.25) is 0 Å². The number of rotatable bonds is 46. The fourth-order valence-electron chi connectivity index (χ4n) is 7.06. The summed E-state index contributed by atoms with van der Waals surface area (Å²) in [5.41, 5.74) is 0. The first kappa shape index (κ1) is 58.9. The smallest absolute Gasteiger partial charge is 0.306 e. The monoisotopic (exact) mass is 865 g/mol. The highest BCUT2D eigenvalue weighted by Gasteiger charge is 2.19. The van der Waals surface area contributed by atoms with Crippen molar-refractivity contribution in [1.82, 2.24) is 0 Å². The van der Waals surface area contributed by atoms with Crippen LogP contribution in [0.1, 0.15) is 245 Å². The van der Waals surface area contributed by atoms with Crippen LogP contribution in [0.5, 0.6) is 0 Å². The summed E-state index contributed by atoms with van der Waals surface area (Å²) in [4.78, 5) is 37.9. The first-order chi connectivity index (χ1) is 30.5. The number of esters is 3. The lowest BCUT2D eigenvalue weighted by Crippen LogP contribution is -2.30. The van der Waals surface area contributed by atoms with Crippen LogP contribution in [0.15, 0.2) is 72.9 Å². The van der Waals surface area contributed by atoms with Gasteiger partial charge in [-0.05, 0) is 83.5 Å². The van der Waals surface area contributed by atoms with E-state index in [1.165, 1.54) is 109 Å². The Labute approximate surface area is 382 Å². The molecule has 0 rings (SSSR count). The fraction of sp³-hybridized carbons (Fsp3) is 0.732. The summed E-state index contributed by atoms with van der Waals surface area (Å²) in [6.07, 6.45) is 63.2. The zero-order valence-corrected chi connectivity index (χ0v) is 40.6. The maximum absolute atomic E-state index is 12.8. The van der Waals surface area contributed by atoms with Gasteiger partial charge in [0.25, 0.3) is 0 Å². The molecule has 0 heterocycles. The zero-order chi connectivity index (χ0) is 45.1. The summed E-state index contributed by atoms with van der Waals surface area (Å²) in [5.74, 6) is -0.962. The highest BCUT2D eigenvalue weighted by Crippen LogP contribution is 2.14. The van der Waals surface area contributed by atoms with Crippen LogP contribution in [0.4, 0.5) is 0 Å².